The average Bonchev–Trinajstić information content (AvgIpc) is 2.81. The Morgan fingerprint density at radius 3 is 2.62 bits per heavy atom. The van der Waals surface area contributed by atoms with Crippen LogP contribution in [0.5, 0.6) is 5.75 Å². The molecule has 3 rings (SSSR count). The van der Waals surface area contributed by atoms with Gasteiger partial charge in [-0.15, -0.1) is 0 Å². The lowest BCUT2D eigenvalue weighted by atomic mass is 9.89. The molecule has 1 aromatic carbocycles. The fourth-order valence-corrected chi connectivity index (χ4v) is 4.08. The number of aliphatic hydroxyl groups excluding tert-OH is 1. The summed E-state index contributed by atoms with van der Waals surface area (Å²) in [5.41, 5.74) is 2.70. The number of benzene rings is 1. The SMILES string of the molecule is Cc1c(CC[C@@H]2C[C@@H](O)CC(=O)O2)c2c(c(C)c1[N+](=O)[O-])CC(C)(C)O2. The summed E-state index contributed by atoms with van der Waals surface area (Å²) in [5.74, 6) is 0.334. The Kier molecular flexibility index (Phi) is 4.69. The smallest absolute Gasteiger partial charge is 0.308 e. The number of hydrogen-bond donors (Lipinski definition) is 1. The van der Waals surface area contributed by atoms with Gasteiger partial charge in [-0.25, -0.2) is 0 Å². The van der Waals surface area contributed by atoms with E-state index in [1.807, 2.05) is 13.8 Å². The number of ether oxygens (including phenoxy) is 2. The fourth-order valence-electron chi connectivity index (χ4n) is 4.08. The highest BCUT2D eigenvalue weighted by molar-refractivity contribution is 5.71. The first-order chi connectivity index (χ1) is 12.1. The van der Waals surface area contributed by atoms with Crippen LogP contribution in [0.1, 0.15) is 55.4 Å². The maximum atomic E-state index is 11.6. The molecule has 1 saturated heterocycles. The molecular formula is C19H25NO6. The third kappa shape index (κ3) is 3.40. The van der Waals surface area contributed by atoms with Crippen molar-refractivity contribution in [3.05, 3.63) is 32.4 Å². The maximum absolute atomic E-state index is 11.6. The predicted octanol–water partition coefficient (Wildman–Crippen LogP) is 2.92. The maximum Gasteiger partial charge on any atom is 0.308 e. The summed E-state index contributed by atoms with van der Waals surface area (Å²) in [4.78, 5) is 22.8. The summed E-state index contributed by atoms with van der Waals surface area (Å²) in [5, 5.41) is 21.4. The molecule has 26 heavy (non-hydrogen) atoms. The van der Waals surface area contributed by atoms with Crippen molar-refractivity contribution >= 4 is 11.7 Å². The normalized spacial score (nSPS) is 24.0. The molecule has 2 aliphatic rings. The van der Waals surface area contributed by atoms with Crippen LogP contribution in [0.4, 0.5) is 5.69 Å². The van der Waals surface area contributed by atoms with Crippen molar-refractivity contribution < 1.29 is 24.3 Å². The minimum atomic E-state index is -0.685. The Morgan fingerprint density at radius 2 is 2.00 bits per heavy atom. The summed E-state index contributed by atoms with van der Waals surface area (Å²) >= 11 is 0. The van der Waals surface area contributed by atoms with Gasteiger partial charge in [0.15, 0.2) is 0 Å². The van der Waals surface area contributed by atoms with Gasteiger partial charge < -0.3 is 14.6 Å². The van der Waals surface area contributed by atoms with E-state index in [2.05, 4.69) is 0 Å². The van der Waals surface area contributed by atoms with E-state index in [0.717, 1.165) is 16.9 Å². The van der Waals surface area contributed by atoms with Gasteiger partial charge in [-0.3, -0.25) is 14.9 Å². The first kappa shape index (κ1) is 18.6. The monoisotopic (exact) mass is 363 g/mol. The molecule has 0 aromatic heterocycles. The second kappa shape index (κ2) is 6.54. The van der Waals surface area contributed by atoms with Gasteiger partial charge in [-0.05, 0) is 40.5 Å². The van der Waals surface area contributed by atoms with Crippen molar-refractivity contribution in [2.45, 2.75) is 77.6 Å². The molecule has 0 saturated carbocycles. The van der Waals surface area contributed by atoms with Crippen LogP contribution in [-0.2, 0) is 22.4 Å². The largest absolute Gasteiger partial charge is 0.487 e. The van der Waals surface area contributed by atoms with Crippen LogP contribution in [-0.4, -0.2) is 33.8 Å². The van der Waals surface area contributed by atoms with E-state index in [1.54, 1.807) is 13.8 Å². The number of rotatable bonds is 4. The molecular weight excluding hydrogens is 338 g/mol. The van der Waals surface area contributed by atoms with Gasteiger partial charge in [0.05, 0.1) is 17.4 Å². The lowest BCUT2D eigenvalue weighted by Gasteiger charge is -2.26. The molecule has 1 aromatic rings. The number of nitro benzene ring substituents is 1. The minimum Gasteiger partial charge on any atom is -0.487 e. The Labute approximate surface area is 152 Å². The quantitative estimate of drug-likeness (QED) is 0.502. The van der Waals surface area contributed by atoms with Crippen molar-refractivity contribution in [1.29, 1.82) is 0 Å². The summed E-state index contributed by atoms with van der Waals surface area (Å²) in [6.45, 7) is 7.46. The highest BCUT2D eigenvalue weighted by Crippen LogP contribution is 2.46. The Hall–Kier alpha value is -2.15. The highest BCUT2D eigenvalue weighted by Gasteiger charge is 2.38. The van der Waals surface area contributed by atoms with Crippen molar-refractivity contribution in [1.82, 2.24) is 0 Å². The van der Waals surface area contributed by atoms with Gasteiger partial charge in [0.2, 0.25) is 0 Å². The number of cyclic esters (lactones) is 1. The van der Waals surface area contributed by atoms with Gasteiger partial charge in [0, 0.05) is 35.1 Å². The Morgan fingerprint density at radius 1 is 1.31 bits per heavy atom. The molecule has 1 N–H and O–H groups in total. The number of hydrogen-bond acceptors (Lipinski definition) is 6. The van der Waals surface area contributed by atoms with E-state index >= 15 is 0 Å². The number of esters is 1. The number of carbonyl (C=O) groups is 1. The Bertz CT molecular complexity index is 770. The molecule has 2 aliphatic heterocycles. The number of fused-ring (bicyclic) bond motifs is 1. The van der Waals surface area contributed by atoms with E-state index in [-0.39, 0.29) is 23.1 Å². The van der Waals surface area contributed by atoms with E-state index in [9.17, 15) is 20.0 Å². The first-order valence-corrected chi connectivity index (χ1v) is 8.95. The molecule has 0 amide bonds. The number of nitro groups is 1. The zero-order valence-corrected chi connectivity index (χ0v) is 15.6. The fraction of sp³-hybridized carbons (Fsp3) is 0.632. The lowest BCUT2D eigenvalue weighted by molar-refractivity contribution is -0.386. The topological polar surface area (TPSA) is 98.9 Å². The summed E-state index contributed by atoms with van der Waals surface area (Å²) in [6.07, 6.45) is 0.979. The summed E-state index contributed by atoms with van der Waals surface area (Å²) in [6, 6.07) is 0. The van der Waals surface area contributed by atoms with Gasteiger partial charge in [0.25, 0.3) is 5.69 Å². The van der Waals surface area contributed by atoms with E-state index < -0.39 is 17.7 Å². The van der Waals surface area contributed by atoms with Crippen LogP contribution in [0, 0.1) is 24.0 Å². The number of carbonyl (C=O) groups excluding carboxylic acids is 1. The molecule has 2 heterocycles. The standard InChI is InChI=1S/C19H25NO6/c1-10-14(6-5-13-7-12(21)8-16(22)25-13)18-15(9-19(3,4)26-18)11(2)17(10)20(23)24/h12-13,21H,5-9H2,1-4H3/t12-,13-/m1/s1. The van der Waals surface area contributed by atoms with Crippen LogP contribution < -0.4 is 4.74 Å². The number of nitrogens with zero attached hydrogens (tertiary/aromatic N) is 1. The van der Waals surface area contributed by atoms with Gasteiger partial charge in [-0.1, -0.05) is 0 Å². The molecule has 7 heteroatoms. The molecule has 2 atom stereocenters. The molecule has 7 nitrogen and oxygen atoms in total. The van der Waals surface area contributed by atoms with E-state index in [1.165, 1.54) is 0 Å². The van der Waals surface area contributed by atoms with Crippen LogP contribution in [0.15, 0.2) is 0 Å². The Balaban J connectivity index is 1.94. The molecule has 1 fully saturated rings. The van der Waals surface area contributed by atoms with E-state index in [0.29, 0.717) is 36.8 Å². The van der Waals surface area contributed by atoms with Gasteiger partial charge in [0.1, 0.15) is 17.5 Å². The van der Waals surface area contributed by atoms with Crippen molar-refractivity contribution in [3.8, 4) is 5.75 Å². The van der Waals surface area contributed by atoms with Crippen LogP contribution in [0.2, 0.25) is 0 Å². The molecule has 0 radical (unpaired) electrons. The summed E-state index contributed by atoms with van der Waals surface area (Å²) < 4.78 is 11.4. The van der Waals surface area contributed by atoms with Crippen LogP contribution in [0.3, 0.4) is 0 Å². The first-order valence-electron chi connectivity index (χ1n) is 8.95. The van der Waals surface area contributed by atoms with Crippen LogP contribution >= 0.6 is 0 Å². The van der Waals surface area contributed by atoms with Crippen LogP contribution in [0.25, 0.3) is 0 Å². The van der Waals surface area contributed by atoms with E-state index in [4.69, 9.17) is 9.47 Å². The van der Waals surface area contributed by atoms with Gasteiger partial charge >= 0.3 is 5.97 Å². The van der Waals surface area contributed by atoms with Crippen molar-refractivity contribution in [2.75, 3.05) is 0 Å². The van der Waals surface area contributed by atoms with Gasteiger partial charge in [-0.2, -0.15) is 0 Å². The molecule has 0 bridgehead atoms. The zero-order valence-electron chi connectivity index (χ0n) is 15.6. The third-order valence-corrected chi connectivity index (χ3v) is 5.28. The predicted molar refractivity (Wildman–Crippen MR) is 94.4 cm³/mol. The van der Waals surface area contributed by atoms with Crippen molar-refractivity contribution in [2.24, 2.45) is 0 Å². The second-order valence-corrected chi connectivity index (χ2v) is 7.92. The molecule has 0 aliphatic carbocycles. The molecule has 0 unspecified atom stereocenters. The second-order valence-electron chi connectivity index (χ2n) is 7.92. The third-order valence-electron chi connectivity index (χ3n) is 5.28. The van der Waals surface area contributed by atoms with Crippen molar-refractivity contribution in [3.63, 3.8) is 0 Å². The molecule has 0 spiro atoms. The molecule has 142 valence electrons. The zero-order chi connectivity index (χ0) is 19.2. The summed E-state index contributed by atoms with van der Waals surface area (Å²) in [7, 11) is 0. The minimum absolute atomic E-state index is 0.0260. The number of aliphatic hydroxyl groups is 1. The lowest BCUT2D eigenvalue weighted by Crippen LogP contribution is -2.32. The highest BCUT2D eigenvalue weighted by atomic mass is 16.6. The average molecular weight is 363 g/mol.